The summed E-state index contributed by atoms with van der Waals surface area (Å²) < 4.78 is 0. The Balaban J connectivity index is 2.43. The van der Waals surface area contributed by atoms with E-state index in [-0.39, 0.29) is 10.9 Å². The summed E-state index contributed by atoms with van der Waals surface area (Å²) in [5, 5.41) is 16.0. The lowest BCUT2D eigenvalue weighted by Crippen LogP contribution is -2.21. The van der Waals surface area contributed by atoms with Crippen LogP contribution in [0, 0.1) is 0 Å². The lowest BCUT2D eigenvalue weighted by atomic mass is 10.0. The quantitative estimate of drug-likeness (QED) is 0.329. The van der Waals surface area contributed by atoms with Crippen molar-refractivity contribution in [2.45, 2.75) is 12.8 Å². The molecule has 0 saturated heterocycles. The maximum atomic E-state index is 9.66. The number of phenolic OH excluding ortho intramolecular Hbond substituents is 1. The van der Waals surface area contributed by atoms with Gasteiger partial charge in [-0.15, -0.1) is 0 Å². The van der Waals surface area contributed by atoms with E-state index in [1.165, 1.54) is 0 Å². The Morgan fingerprint density at radius 3 is 3.07 bits per heavy atom. The van der Waals surface area contributed by atoms with Gasteiger partial charge in [0.25, 0.3) is 0 Å². The number of phenols is 1. The number of hydrogen-bond donors (Lipinski definition) is 4. The Bertz CT molecular complexity index is 406. The van der Waals surface area contributed by atoms with Gasteiger partial charge in [-0.05, 0) is 37.2 Å². The molecule has 15 heavy (non-hydrogen) atoms. The number of rotatable bonds is 1. The van der Waals surface area contributed by atoms with Crippen LogP contribution in [-0.2, 0) is 6.42 Å². The zero-order valence-corrected chi connectivity index (χ0v) is 9.03. The van der Waals surface area contributed by atoms with Crippen LogP contribution in [0.5, 0.6) is 5.75 Å². The van der Waals surface area contributed by atoms with Gasteiger partial charge in [-0.25, -0.2) is 0 Å². The topological polar surface area (TPSA) is 70.3 Å². The third kappa shape index (κ3) is 1.97. The molecule has 4 nitrogen and oxygen atoms in total. The van der Waals surface area contributed by atoms with Crippen molar-refractivity contribution in [3.63, 3.8) is 0 Å². The summed E-state index contributed by atoms with van der Waals surface area (Å²) in [5.74, 6) is 0.276. The van der Waals surface area contributed by atoms with Crippen LogP contribution in [0.3, 0.4) is 0 Å². The Kier molecular flexibility index (Phi) is 2.64. The zero-order valence-electron chi connectivity index (χ0n) is 8.21. The number of nitrogens with two attached hydrogens (primary N) is 1. The molecule has 0 amide bonds. The normalized spacial score (nSPS) is 13.9. The molecule has 0 aliphatic carbocycles. The first-order valence-corrected chi connectivity index (χ1v) is 5.24. The van der Waals surface area contributed by atoms with E-state index >= 15 is 0 Å². The van der Waals surface area contributed by atoms with Crippen LogP contribution in [0.1, 0.15) is 12.0 Å². The smallest absolute Gasteiger partial charge is 0.168 e. The van der Waals surface area contributed by atoms with Gasteiger partial charge < -0.3 is 21.5 Å². The number of benzene rings is 1. The summed E-state index contributed by atoms with van der Waals surface area (Å²) in [6, 6.07) is 3.43. The van der Waals surface area contributed by atoms with Gasteiger partial charge >= 0.3 is 0 Å². The minimum absolute atomic E-state index is 0.244. The van der Waals surface area contributed by atoms with Crippen LogP contribution in [-0.4, -0.2) is 16.8 Å². The minimum Gasteiger partial charge on any atom is -0.506 e. The van der Waals surface area contributed by atoms with E-state index in [2.05, 4.69) is 10.6 Å². The zero-order chi connectivity index (χ0) is 10.8. The average molecular weight is 223 g/mol. The Hall–Kier alpha value is -1.49. The molecule has 1 aliphatic rings. The van der Waals surface area contributed by atoms with Gasteiger partial charge in [-0.1, -0.05) is 0 Å². The molecule has 0 saturated carbocycles. The second-order valence-electron chi connectivity index (χ2n) is 3.51. The van der Waals surface area contributed by atoms with E-state index in [4.69, 9.17) is 18.0 Å². The molecule has 5 N–H and O–H groups in total. The number of fused-ring (bicyclic) bond motifs is 1. The standard InChI is InChI=1S/C10H13N3OS/c11-10(15)13-7-3-4-8(14)9-6(7)2-1-5-12-9/h3-4,12,14H,1-2,5H2,(H3,11,13,15). The van der Waals surface area contributed by atoms with Crippen LogP contribution >= 0.6 is 12.2 Å². The minimum atomic E-state index is 0.244. The van der Waals surface area contributed by atoms with Crippen molar-refractivity contribution in [3.8, 4) is 5.75 Å². The fourth-order valence-corrected chi connectivity index (χ4v) is 1.93. The van der Waals surface area contributed by atoms with Crippen molar-refractivity contribution in [1.82, 2.24) is 0 Å². The summed E-state index contributed by atoms with van der Waals surface area (Å²) in [5.41, 5.74) is 8.15. The lowest BCUT2D eigenvalue weighted by Gasteiger charge is -2.22. The molecule has 0 unspecified atom stereocenters. The molecule has 0 fully saturated rings. The van der Waals surface area contributed by atoms with Crippen molar-refractivity contribution >= 4 is 28.7 Å². The summed E-state index contributed by atoms with van der Waals surface area (Å²) in [4.78, 5) is 0. The SMILES string of the molecule is NC(=S)Nc1ccc(O)c2c1CCCN2. The van der Waals surface area contributed by atoms with E-state index in [9.17, 15) is 5.11 Å². The number of aromatic hydroxyl groups is 1. The molecule has 0 aromatic heterocycles. The first-order chi connectivity index (χ1) is 7.18. The van der Waals surface area contributed by atoms with Gasteiger partial charge in [-0.2, -0.15) is 0 Å². The molecule has 0 atom stereocenters. The summed E-state index contributed by atoms with van der Waals surface area (Å²) >= 11 is 4.80. The molecule has 1 aliphatic heterocycles. The number of anilines is 2. The van der Waals surface area contributed by atoms with E-state index in [0.717, 1.165) is 36.3 Å². The van der Waals surface area contributed by atoms with Gasteiger partial charge in [0.15, 0.2) is 5.11 Å². The fraction of sp³-hybridized carbons (Fsp3) is 0.300. The third-order valence-electron chi connectivity index (χ3n) is 2.45. The first kappa shape index (κ1) is 10.0. The maximum absolute atomic E-state index is 9.66. The monoisotopic (exact) mass is 223 g/mol. The van der Waals surface area contributed by atoms with Crippen LogP contribution < -0.4 is 16.4 Å². The number of thiocarbonyl (C=S) groups is 1. The van der Waals surface area contributed by atoms with Crippen LogP contribution in [0.15, 0.2) is 12.1 Å². The van der Waals surface area contributed by atoms with Crippen molar-refractivity contribution in [2.24, 2.45) is 5.73 Å². The molecule has 0 spiro atoms. The van der Waals surface area contributed by atoms with Gasteiger partial charge in [0.05, 0.1) is 5.69 Å². The molecule has 1 heterocycles. The van der Waals surface area contributed by atoms with Gasteiger partial charge in [0, 0.05) is 17.8 Å². The third-order valence-corrected chi connectivity index (χ3v) is 2.56. The predicted molar refractivity (Wildman–Crippen MR) is 65.3 cm³/mol. The van der Waals surface area contributed by atoms with E-state index < -0.39 is 0 Å². The Labute approximate surface area is 93.5 Å². The van der Waals surface area contributed by atoms with Gasteiger partial charge in [0.2, 0.25) is 0 Å². The molecular weight excluding hydrogens is 210 g/mol. The lowest BCUT2D eigenvalue weighted by molar-refractivity contribution is 0.475. The van der Waals surface area contributed by atoms with Crippen LogP contribution in [0.2, 0.25) is 0 Å². The molecule has 1 aromatic carbocycles. The van der Waals surface area contributed by atoms with Crippen LogP contribution in [0.25, 0.3) is 0 Å². The molecule has 1 aromatic rings. The second kappa shape index (κ2) is 3.94. The summed E-state index contributed by atoms with van der Waals surface area (Å²) in [6.45, 7) is 0.886. The van der Waals surface area contributed by atoms with Crippen molar-refractivity contribution in [2.75, 3.05) is 17.2 Å². The van der Waals surface area contributed by atoms with E-state index in [0.29, 0.717) is 0 Å². The highest BCUT2D eigenvalue weighted by Crippen LogP contribution is 2.36. The predicted octanol–water partition coefficient (Wildman–Crippen LogP) is 1.41. The fourth-order valence-electron chi connectivity index (χ4n) is 1.82. The molecule has 0 radical (unpaired) electrons. The molecule has 0 bridgehead atoms. The number of nitrogens with one attached hydrogen (secondary N) is 2. The highest BCUT2D eigenvalue weighted by molar-refractivity contribution is 7.80. The van der Waals surface area contributed by atoms with Crippen LogP contribution in [0.4, 0.5) is 11.4 Å². The maximum Gasteiger partial charge on any atom is 0.168 e. The first-order valence-electron chi connectivity index (χ1n) is 4.83. The van der Waals surface area contributed by atoms with Gasteiger partial charge in [0.1, 0.15) is 5.75 Å². The van der Waals surface area contributed by atoms with E-state index in [1.807, 2.05) is 0 Å². The number of hydrogen-bond acceptors (Lipinski definition) is 3. The van der Waals surface area contributed by atoms with Gasteiger partial charge in [-0.3, -0.25) is 0 Å². The largest absolute Gasteiger partial charge is 0.506 e. The highest BCUT2D eigenvalue weighted by Gasteiger charge is 2.16. The van der Waals surface area contributed by atoms with Crippen molar-refractivity contribution in [1.29, 1.82) is 0 Å². The summed E-state index contributed by atoms with van der Waals surface area (Å²) in [6.07, 6.45) is 1.96. The summed E-state index contributed by atoms with van der Waals surface area (Å²) in [7, 11) is 0. The highest BCUT2D eigenvalue weighted by atomic mass is 32.1. The molecular formula is C10H13N3OS. The second-order valence-corrected chi connectivity index (χ2v) is 3.95. The Morgan fingerprint density at radius 2 is 2.33 bits per heavy atom. The average Bonchev–Trinajstić information content (AvgIpc) is 2.22. The molecule has 80 valence electrons. The van der Waals surface area contributed by atoms with E-state index in [1.54, 1.807) is 12.1 Å². The molecule has 2 rings (SSSR count). The van der Waals surface area contributed by atoms with Crippen molar-refractivity contribution < 1.29 is 5.11 Å². The Morgan fingerprint density at radius 1 is 1.53 bits per heavy atom. The molecule has 5 heteroatoms. The van der Waals surface area contributed by atoms with Crippen molar-refractivity contribution in [3.05, 3.63) is 17.7 Å².